The topological polar surface area (TPSA) is 29.4 Å². The molecule has 1 aliphatic rings. The van der Waals surface area contributed by atoms with E-state index >= 15 is 0 Å². The number of aryl methyl sites for hydroxylation is 1. The highest BCUT2D eigenvalue weighted by atomic mass is 19.1. The molecule has 1 aromatic rings. The fourth-order valence-electron chi connectivity index (χ4n) is 2.10. The number of carbonyl (C=O) groups excluding carboxylic acids is 1. The lowest BCUT2D eigenvalue weighted by Crippen LogP contribution is -2.34. The normalized spacial score (nSPS) is 17.4. The standard InChI is InChI=1S/C12H11F2NO/c1-8-3-4-9(13)10(11(8)14)12(15-7-16)5-2-6-12/h3-4H,2,5-6H2,1H3. The molecule has 1 fully saturated rings. The van der Waals surface area contributed by atoms with Crippen molar-refractivity contribution in [2.45, 2.75) is 31.7 Å². The highest BCUT2D eigenvalue weighted by molar-refractivity contribution is 5.41. The smallest absolute Gasteiger partial charge is 0.211 e. The van der Waals surface area contributed by atoms with Gasteiger partial charge in [0.25, 0.3) is 0 Å². The minimum Gasteiger partial charge on any atom is -0.211 e. The molecule has 16 heavy (non-hydrogen) atoms. The Balaban J connectivity index is 2.62. The van der Waals surface area contributed by atoms with E-state index in [0.29, 0.717) is 18.4 Å². The second-order valence-corrected chi connectivity index (χ2v) is 4.14. The van der Waals surface area contributed by atoms with Crippen LogP contribution in [0.2, 0.25) is 0 Å². The average molecular weight is 223 g/mol. The summed E-state index contributed by atoms with van der Waals surface area (Å²) < 4.78 is 27.5. The van der Waals surface area contributed by atoms with Gasteiger partial charge < -0.3 is 0 Å². The second kappa shape index (κ2) is 3.80. The molecule has 84 valence electrons. The van der Waals surface area contributed by atoms with Gasteiger partial charge in [-0.2, -0.15) is 4.99 Å². The van der Waals surface area contributed by atoms with E-state index in [4.69, 9.17) is 0 Å². The molecule has 4 heteroatoms. The van der Waals surface area contributed by atoms with Crippen LogP contribution in [0.4, 0.5) is 8.78 Å². The lowest BCUT2D eigenvalue weighted by molar-refractivity contribution is 0.238. The number of hydrogen-bond donors (Lipinski definition) is 0. The molecule has 0 amide bonds. The van der Waals surface area contributed by atoms with E-state index in [9.17, 15) is 13.6 Å². The molecule has 0 heterocycles. The summed E-state index contributed by atoms with van der Waals surface area (Å²) in [5, 5.41) is 0. The van der Waals surface area contributed by atoms with Gasteiger partial charge in [0.2, 0.25) is 6.08 Å². The number of halogens is 2. The fourth-order valence-corrected chi connectivity index (χ4v) is 2.10. The predicted octanol–water partition coefficient (Wildman–Crippen LogP) is 2.99. The summed E-state index contributed by atoms with van der Waals surface area (Å²) in [6, 6.07) is 2.60. The molecule has 1 aromatic carbocycles. The quantitative estimate of drug-likeness (QED) is 0.559. The minimum atomic E-state index is -1.01. The van der Waals surface area contributed by atoms with Crippen LogP contribution in [-0.2, 0) is 10.3 Å². The third kappa shape index (κ3) is 1.46. The van der Waals surface area contributed by atoms with Gasteiger partial charge in [0.1, 0.15) is 17.2 Å². The zero-order valence-corrected chi connectivity index (χ0v) is 8.89. The molecule has 0 saturated heterocycles. The van der Waals surface area contributed by atoms with Crippen molar-refractivity contribution in [2.24, 2.45) is 4.99 Å². The molecule has 0 N–H and O–H groups in total. The summed E-state index contributed by atoms with van der Waals surface area (Å²) in [6.45, 7) is 1.56. The SMILES string of the molecule is Cc1ccc(F)c(C2(N=C=O)CCC2)c1F. The Hall–Kier alpha value is -1.54. The van der Waals surface area contributed by atoms with Crippen molar-refractivity contribution in [2.75, 3.05) is 0 Å². The van der Waals surface area contributed by atoms with Crippen molar-refractivity contribution < 1.29 is 13.6 Å². The van der Waals surface area contributed by atoms with Gasteiger partial charge in [-0.15, -0.1) is 0 Å². The molecule has 0 spiro atoms. The Labute approximate surface area is 92.0 Å². The van der Waals surface area contributed by atoms with Crippen molar-refractivity contribution in [3.63, 3.8) is 0 Å². The van der Waals surface area contributed by atoms with E-state index in [1.165, 1.54) is 18.2 Å². The summed E-state index contributed by atoms with van der Waals surface area (Å²) in [5.74, 6) is -1.24. The first-order valence-electron chi connectivity index (χ1n) is 5.15. The lowest BCUT2D eigenvalue weighted by Gasteiger charge is -2.37. The Kier molecular flexibility index (Phi) is 2.60. The number of hydrogen-bond acceptors (Lipinski definition) is 2. The van der Waals surface area contributed by atoms with Crippen LogP contribution in [0.15, 0.2) is 17.1 Å². The molecule has 2 nitrogen and oxygen atoms in total. The minimum absolute atomic E-state index is 0.0814. The molecule has 0 aliphatic heterocycles. The van der Waals surface area contributed by atoms with Gasteiger partial charge in [-0.25, -0.2) is 13.6 Å². The van der Waals surface area contributed by atoms with Crippen molar-refractivity contribution in [3.05, 3.63) is 34.9 Å². The Morgan fingerprint density at radius 2 is 2.06 bits per heavy atom. The van der Waals surface area contributed by atoms with E-state index in [-0.39, 0.29) is 5.56 Å². The van der Waals surface area contributed by atoms with Gasteiger partial charge in [-0.05, 0) is 37.8 Å². The van der Waals surface area contributed by atoms with Gasteiger partial charge in [0.05, 0.1) is 5.56 Å². The summed E-state index contributed by atoms with van der Waals surface area (Å²) in [6.07, 6.45) is 3.24. The van der Waals surface area contributed by atoms with Gasteiger partial charge >= 0.3 is 0 Å². The van der Waals surface area contributed by atoms with Gasteiger partial charge in [0.15, 0.2) is 0 Å². The molecule has 0 unspecified atom stereocenters. The van der Waals surface area contributed by atoms with Crippen molar-refractivity contribution in [1.29, 1.82) is 0 Å². The molecule has 0 radical (unpaired) electrons. The Morgan fingerprint density at radius 1 is 1.38 bits per heavy atom. The van der Waals surface area contributed by atoms with Crippen LogP contribution in [0.3, 0.4) is 0 Å². The number of benzene rings is 1. The van der Waals surface area contributed by atoms with E-state index in [2.05, 4.69) is 4.99 Å². The molecule has 0 bridgehead atoms. The molecule has 0 aromatic heterocycles. The fraction of sp³-hybridized carbons (Fsp3) is 0.417. The molecule has 2 rings (SSSR count). The van der Waals surface area contributed by atoms with Crippen molar-refractivity contribution >= 4 is 6.08 Å². The maximum absolute atomic E-state index is 13.9. The molecule has 1 saturated carbocycles. The van der Waals surface area contributed by atoms with E-state index in [1.807, 2.05) is 0 Å². The Morgan fingerprint density at radius 3 is 2.56 bits per heavy atom. The number of aliphatic imine (C=N–C) groups is 1. The largest absolute Gasteiger partial charge is 0.235 e. The lowest BCUT2D eigenvalue weighted by atomic mass is 9.71. The molecule has 0 atom stereocenters. The zero-order chi connectivity index (χ0) is 11.8. The van der Waals surface area contributed by atoms with Gasteiger partial charge in [-0.1, -0.05) is 6.07 Å². The third-order valence-electron chi connectivity index (χ3n) is 3.19. The van der Waals surface area contributed by atoms with Crippen LogP contribution in [0.1, 0.15) is 30.4 Å². The van der Waals surface area contributed by atoms with Crippen molar-refractivity contribution in [1.82, 2.24) is 0 Å². The monoisotopic (exact) mass is 223 g/mol. The second-order valence-electron chi connectivity index (χ2n) is 4.14. The summed E-state index contributed by atoms with van der Waals surface area (Å²) in [7, 11) is 0. The van der Waals surface area contributed by atoms with Gasteiger partial charge in [0, 0.05) is 0 Å². The zero-order valence-electron chi connectivity index (χ0n) is 8.89. The first-order chi connectivity index (χ1) is 7.60. The van der Waals surface area contributed by atoms with E-state index in [1.54, 1.807) is 6.92 Å². The highest BCUT2D eigenvalue weighted by Crippen LogP contribution is 2.46. The van der Waals surface area contributed by atoms with Gasteiger partial charge in [-0.3, -0.25) is 0 Å². The average Bonchev–Trinajstić information content (AvgIpc) is 2.20. The van der Waals surface area contributed by atoms with Crippen LogP contribution in [-0.4, -0.2) is 6.08 Å². The highest BCUT2D eigenvalue weighted by Gasteiger charge is 2.43. The van der Waals surface area contributed by atoms with Crippen LogP contribution >= 0.6 is 0 Å². The van der Waals surface area contributed by atoms with Crippen molar-refractivity contribution in [3.8, 4) is 0 Å². The van der Waals surface area contributed by atoms with Crippen LogP contribution in [0.25, 0.3) is 0 Å². The number of rotatable bonds is 2. The van der Waals surface area contributed by atoms with Crippen LogP contribution < -0.4 is 0 Å². The number of nitrogens with zero attached hydrogens (tertiary/aromatic N) is 1. The molecule has 1 aliphatic carbocycles. The molecular formula is C12H11F2NO. The summed E-state index contributed by atoms with van der Waals surface area (Å²) >= 11 is 0. The Bertz CT molecular complexity index is 474. The maximum atomic E-state index is 13.9. The summed E-state index contributed by atoms with van der Waals surface area (Å²) in [5.41, 5.74) is -0.729. The first-order valence-corrected chi connectivity index (χ1v) is 5.15. The predicted molar refractivity (Wildman–Crippen MR) is 54.7 cm³/mol. The van der Waals surface area contributed by atoms with E-state index in [0.717, 1.165) is 6.42 Å². The first kappa shape index (κ1) is 11.0. The van der Waals surface area contributed by atoms with Crippen LogP contribution in [0.5, 0.6) is 0 Å². The maximum Gasteiger partial charge on any atom is 0.235 e. The molecular weight excluding hydrogens is 212 g/mol. The third-order valence-corrected chi connectivity index (χ3v) is 3.19. The van der Waals surface area contributed by atoms with Crippen LogP contribution in [0, 0.1) is 18.6 Å². The number of isocyanates is 1. The summed E-state index contributed by atoms with van der Waals surface area (Å²) in [4.78, 5) is 14.0. The van der Waals surface area contributed by atoms with E-state index < -0.39 is 17.2 Å².